The highest BCUT2D eigenvalue weighted by Gasteiger charge is 2.44. The minimum atomic E-state index is -0.151. The lowest BCUT2D eigenvalue weighted by Gasteiger charge is -2.32. The molecule has 1 amide bonds. The van der Waals surface area contributed by atoms with E-state index in [1.807, 2.05) is 47.4 Å². The largest absolute Gasteiger partial charge is 0.496 e. The number of para-hydroxylation sites is 3. The summed E-state index contributed by atoms with van der Waals surface area (Å²) in [6, 6.07) is 15.9. The van der Waals surface area contributed by atoms with Crippen molar-refractivity contribution in [3.05, 3.63) is 54.1 Å². The molecule has 1 saturated heterocycles. The lowest BCUT2D eigenvalue weighted by atomic mass is 10.1. The highest BCUT2D eigenvalue weighted by atomic mass is 16.5. The molecule has 1 aliphatic carbocycles. The Morgan fingerprint density at radius 2 is 1.89 bits per heavy atom. The van der Waals surface area contributed by atoms with Crippen molar-refractivity contribution in [1.29, 1.82) is 0 Å². The summed E-state index contributed by atoms with van der Waals surface area (Å²) in [4.78, 5) is 17.9. The van der Waals surface area contributed by atoms with Gasteiger partial charge in [0.05, 0.1) is 18.8 Å². The van der Waals surface area contributed by atoms with Gasteiger partial charge in [0.25, 0.3) is 0 Å². The molecular formula is C23H26N2O3. The molecule has 5 heteroatoms. The Balaban J connectivity index is 1.46. The fourth-order valence-corrected chi connectivity index (χ4v) is 4.44. The van der Waals surface area contributed by atoms with Crippen LogP contribution in [0.25, 0.3) is 0 Å². The fraction of sp³-hybridized carbons (Fsp3) is 0.435. The number of carbonyl (C=O) groups excluding carboxylic acids is 1. The van der Waals surface area contributed by atoms with Gasteiger partial charge in [-0.05, 0) is 37.0 Å². The van der Waals surface area contributed by atoms with Crippen LogP contribution in [-0.2, 0) is 11.3 Å². The van der Waals surface area contributed by atoms with Crippen LogP contribution in [0, 0.1) is 5.92 Å². The van der Waals surface area contributed by atoms with Gasteiger partial charge in [-0.25, -0.2) is 0 Å². The van der Waals surface area contributed by atoms with E-state index < -0.39 is 0 Å². The summed E-state index contributed by atoms with van der Waals surface area (Å²) < 4.78 is 11.9. The van der Waals surface area contributed by atoms with E-state index in [9.17, 15) is 4.79 Å². The van der Waals surface area contributed by atoms with E-state index in [2.05, 4.69) is 11.0 Å². The Labute approximate surface area is 165 Å². The molecule has 2 aliphatic heterocycles. The molecule has 3 aliphatic rings. The minimum Gasteiger partial charge on any atom is -0.496 e. The molecule has 146 valence electrons. The van der Waals surface area contributed by atoms with E-state index in [0.29, 0.717) is 12.5 Å². The van der Waals surface area contributed by atoms with Crippen LogP contribution in [0.5, 0.6) is 11.5 Å². The average molecular weight is 378 g/mol. The number of hydrogen-bond donors (Lipinski definition) is 0. The Kier molecular flexibility index (Phi) is 4.47. The summed E-state index contributed by atoms with van der Waals surface area (Å²) in [5.41, 5.74) is 2.03. The predicted molar refractivity (Wildman–Crippen MR) is 108 cm³/mol. The topological polar surface area (TPSA) is 42.0 Å². The third kappa shape index (κ3) is 3.24. The number of rotatable bonds is 5. The second kappa shape index (κ2) is 7.13. The van der Waals surface area contributed by atoms with Crippen molar-refractivity contribution in [2.24, 2.45) is 5.92 Å². The lowest BCUT2D eigenvalue weighted by molar-refractivity contribution is -0.123. The van der Waals surface area contributed by atoms with E-state index in [0.717, 1.165) is 42.3 Å². The van der Waals surface area contributed by atoms with Crippen LogP contribution in [0.4, 0.5) is 5.69 Å². The molecule has 5 rings (SSSR count). The van der Waals surface area contributed by atoms with Crippen LogP contribution in [0.15, 0.2) is 48.5 Å². The molecule has 0 unspecified atom stereocenters. The first kappa shape index (κ1) is 17.6. The number of fused-ring (bicyclic) bond motifs is 3. The molecule has 2 fully saturated rings. The van der Waals surface area contributed by atoms with Gasteiger partial charge in [0, 0.05) is 31.6 Å². The zero-order valence-electron chi connectivity index (χ0n) is 16.2. The number of benzene rings is 2. The van der Waals surface area contributed by atoms with Gasteiger partial charge in [0.15, 0.2) is 0 Å². The average Bonchev–Trinajstić information content (AvgIpc) is 3.45. The zero-order valence-corrected chi connectivity index (χ0v) is 16.2. The maximum atomic E-state index is 13.6. The van der Waals surface area contributed by atoms with E-state index in [1.165, 1.54) is 12.8 Å². The van der Waals surface area contributed by atoms with Gasteiger partial charge in [-0.3, -0.25) is 9.69 Å². The number of hydrogen-bond acceptors (Lipinski definition) is 4. The Bertz CT molecular complexity index is 880. The maximum absolute atomic E-state index is 13.6. The van der Waals surface area contributed by atoms with Gasteiger partial charge >= 0.3 is 0 Å². The van der Waals surface area contributed by atoms with Crippen LogP contribution in [0.2, 0.25) is 0 Å². The summed E-state index contributed by atoms with van der Waals surface area (Å²) in [5, 5.41) is 0. The SMILES string of the molecule is COc1ccccc1CN1C[C@@H]2C[C@H]1C(=O)N(CC1CC1)c1ccccc1O2. The van der Waals surface area contributed by atoms with Crippen molar-refractivity contribution in [1.82, 2.24) is 4.90 Å². The second-order valence-electron chi connectivity index (χ2n) is 8.09. The first-order chi connectivity index (χ1) is 13.7. The monoisotopic (exact) mass is 378 g/mol. The molecule has 0 aromatic heterocycles. The molecule has 0 N–H and O–H groups in total. The van der Waals surface area contributed by atoms with Gasteiger partial charge in [-0.1, -0.05) is 30.3 Å². The van der Waals surface area contributed by atoms with Crippen molar-refractivity contribution in [3.8, 4) is 11.5 Å². The molecule has 28 heavy (non-hydrogen) atoms. The van der Waals surface area contributed by atoms with E-state index in [1.54, 1.807) is 7.11 Å². The third-order valence-corrected chi connectivity index (χ3v) is 6.07. The number of likely N-dealkylation sites (tertiary alicyclic amines) is 1. The highest BCUT2D eigenvalue weighted by Crippen LogP contribution is 2.40. The van der Waals surface area contributed by atoms with Crippen LogP contribution in [0.3, 0.4) is 0 Å². The Hall–Kier alpha value is -2.53. The Morgan fingerprint density at radius 1 is 1.11 bits per heavy atom. The summed E-state index contributed by atoms with van der Waals surface area (Å²) in [6.45, 7) is 2.23. The first-order valence-corrected chi connectivity index (χ1v) is 10.2. The molecule has 0 spiro atoms. The first-order valence-electron chi connectivity index (χ1n) is 10.2. The standard InChI is InChI=1S/C23H26N2O3/c1-27-21-8-4-2-6-17(21)14-24-15-18-12-20(24)23(26)25(13-16-10-11-16)19-7-3-5-9-22(19)28-18/h2-9,16,18,20H,10-15H2,1H3/t18-,20-/m0/s1. The van der Waals surface area contributed by atoms with Crippen molar-refractivity contribution in [2.75, 3.05) is 25.1 Å². The molecule has 1 saturated carbocycles. The van der Waals surface area contributed by atoms with Crippen molar-refractivity contribution < 1.29 is 14.3 Å². The van der Waals surface area contributed by atoms with Crippen LogP contribution in [-0.4, -0.2) is 43.2 Å². The summed E-state index contributed by atoms with van der Waals surface area (Å²) in [5.74, 6) is 2.53. The summed E-state index contributed by atoms with van der Waals surface area (Å²) in [6.07, 6.45) is 3.20. The number of nitrogens with zero attached hydrogens (tertiary/aromatic N) is 2. The molecule has 2 heterocycles. The fourth-order valence-electron chi connectivity index (χ4n) is 4.44. The Morgan fingerprint density at radius 3 is 2.71 bits per heavy atom. The van der Waals surface area contributed by atoms with E-state index in [4.69, 9.17) is 9.47 Å². The lowest BCUT2D eigenvalue weighted by Crippen LogP contribution is -2.46. The van der Waals surface area contributed by atoms with E-state index >= 15 is 0 Å². The van der Waals surface area contributed by atoms with Crippen LogP contribution >= 0.6 is 0 Å². The molecule has 2 aromatic carbocycles. The molecule has 5 nitrogen and oxygen atoms in total. The minimum absolute atomic E-state index is 0.0351. The third-order valence-electron chi connectivity index (χ3n) is 6.07. The second-order valence-corrected chi connectivity index (χ2v) is 8.09. The maximum Gasteiger partial charge on any atom is 0.244 e. The molecular weight excluding hydrogens is 352 g/mol. The molecule has 0 radical (unpaired) electrons. The van der Waals surface area contributed by atoms with Crippen molar-refractivity contribution >= 4 is 11.6 Å². The van der Waals surface area contributed by atoms with Gasteiger partial charge < -0.3 is 14.4 Å². The normalized spacial score (nSPS) is 24.3. The molecule has 2 atom stereocenters. The zero-order chi connectivity index (χ0) is 19.1. The number of carbonyl (C=O) groups is 1. The number of anilines is 1. The van der Waals surface area contributed by atoms with E-state index in [-0.39, 0.29) is 18.1 Å². The number of methoxy groups -OCH3 is 1. The van der Waals surface area contributed by atoms with Gasteiger partial charge in [0.1, 0.15) is 17.6 Å². The number of ether oxygens (including phenoxy) is 2. The smallest absolute Gasteiger partial charge is 0.244 e. The predicted octanol–water partition coefficient (Wildman–Crippen LogP) is 3.47. The van der Waals surface area contributed by atoms with Gasteiger partial charge in [-0.15, -0.1) is 0 Å². The van der Waals surface area contributed by atoms with Crippen molar-refractivity contribution in [2.45, 2.75) is 38.0 Å². The quantitative estimate of drug-likeness (QED) is 0.799. The van der Waals surface area contributed by atoms with Crippen LogP contribution in [0.1, 0.15) is 24.8 Å². The molecule has 2 aromatic rings. The number of amides is 1. The van der Waals surface area contributed by atoms with Crippen molar-refractivity contribution in [3.63, 3.8) is 0 Å². The van der Waals surface area contributed by atoms with Crippen LogP contribution < -0.4 is 14.4 Å². The summed E-state index contributed by atoms with van der Waals surface area (Å²) >= 11 is 0. The highest BCUT2D eigenvalue weighted by molar-refractivity contribution is 5.99. The molecule has 2 bridgehead atoms. The summed E-state index contributed by atoms with van der Waals surface area (Å²) in [7, 11) is 1.69. The van der Waals surface area contributed by atoms with Gasteiger partial charge in [0.2, 0.25) is 5.91 Å². The van der Waals surface area contributed by atoms with Gasteiger partial charge in [-0.2, -0.15) is 0 Å².